The molecule has 0 fully saturated rings. The maximum absolute atomic E-state index is 13.8. The standard InChI is InChI=1S/C41H39N3O10S2.2O3S/c1-44(24-4-7-39(45)46)41(47)34-6-3-2-5-33(34)40-35-18-12-29(42-22-20-27-8-14-31(15-9-27)55(48,49)50)25-37(35)54-38-26-30(13-19-36(38)40)43-23-21-28-10-16-32(17-11-28)56(51,52)53;2*1-4(2)3/h2-3,5-6,8-19,25-26,42H,4,7,20-24H2,1H3,(H,45,46)(H,48,49,50)(H,51,52,53);;. The molecule has 0 aromatic heterocycles. The van der Waals surface area contributed by atoms with Crippen molar-refractivity contribution in [2.24, 2.45) is 4.99 Å². The quantitative estimate of drug-likeness (QED) is 0.0817. The van der Waals surface area contributed by atoms with Crippen molar-refractivity contribution in [1.29, 1.82) is 0 Å². The minimum absolute atomic E-state index is 0.0564. The summed E-state index contributed by atoms with van der Waals surface area (Å²) in [6, 6.07) is 30.4. The number of aliphatic carboxylic acids is 1. The number of anilines is 1. The number of hydrogen-bond acceptors (Lipinski definition) is 15. The Hall–Kier alpha value is -6.63. The molecule has 0 spiro atoms. The third-order valence-electron chi connectivity index (χ3n) is 9.24. The third-order valence-corrected chi connectivity index (χ3v) is 11.0. The number of carboxylic acid groups (broad SMARTS) is 1. The fourth-order valence-corrected chi connectivity index (χ4v) is 7.32. The van der Waals surface area contributed by atoms with Gasteiger partial charge in [-0.3, -0.25) is 23.7 Å². The molecule has 19 nitrogen and oxygen atoms in total. The van der Waals surface area contributed by atoms with Crippen LogP contribution in [0.3, 0.4) is 0 Å². The van der Waals surface area contributed by atoms with Gasteiger partial charge in [0.2, 0.25) is 0 Å². The van der Waals surface area contributed by atoms with E-state index in [1.54, 1.807) is 43.4 Å². The topological polar surface area (TPSA) is 306 Å². The molecule has 1 amide bonds. The number of carbonyl (C=O) groups is 2. The van der Waals surface area contributed by atoms with E-state index in [1.165, 1.54) is 29.2 Å². The molecule has 1 heterocycles. The molecule has 0 radical (unpaired) electrons. The molecule has 4 aromatic carbocycles. The first kappa shape index (κ1) is 50.0. The van der Waals surface area contributed by atoms with Crippen LogP contribution in [0.5, 0.6) is 0 Å². The molecule has 0 bridgehead atoms. The van der Waals surface area contributed by atoms with Crippen molar-refractivity contribution >= 4 is 70.0 Å². The average molecular weight is 958 g/mol. The van der Waals surface area contributed by atoms with Gasteiger partial charge in [0, 0.05) is 73.0 Å². The van der Waals surface area contributed by atoms with E-state index in [2.05, 4.69) is 5.32 Å². The number of carbonyl (C=O) groups excluding carboxylic acids is 1. The van der Waals surface area contributed by atoms with Gasteiger partial charge in [-0.15, -0.1) is 25.3 Å². The Kier molecular flexibility index (Phi) is 17.7. The van der Waals surface area contributed by atoms with E-state index in [0.29, 0.717) is 60.2 Å². The summed E-state index contributed by atoms with van der Waals surface area (Å²) in [6.07, 6.45) is 1.33. The Labute approximate surface area is 369 Å². The second kappa shape index (κ2) is 22.6. The van der Waals surface area contributed by atoms with Crippen molar-refractivity contribution in [1.82, 2.24) is 4.90 Å². The highest BCUT2D eigenvalue weighted by atomic mass is 32.2. The molecule has 338 valence electrons. The van der Waals surface area contributed by atoms with Crippen LogP contribution < -0.4 is 10.7 Å². The molecule has 23 heteroatoms. The van der Waals surface area contributed by atoms with Crippen molar-refractivity contribution < 1.29 is 70.3 Å². The normalized spacial score (nSPS) is 11.5. The highest BCUT2D eigenvalue weighted by molar-refractivity contribution is 7.86. The molecule has 6 rings (SSSR count). The van der Waals surface area contributed by atoms with Crippen LogP contribution in [0, 0.1) is 0 Å². The Bertz CT molecular complexity index is 3100. The van der Waals surface area contributed by atoms with Crippen LogP contribution in [0.15, 0.2) is 128 Å². The number of fused-ring (bicyclic) bond motifs is 2. The number of benzene rings is 5. The number of nitrogens with one attached hydrogen (secondary N) is 1. The number of nitrogens with zero attached hydrogens (tertiary/aromatic N) is 2. The van der Waals surface area contributed by atoms with Gasteiger partial charge in [-0.05, 0) is 90.6 Å². The molecule has 1 aliphatic heterocycles. The van der Waals surface area contributed by atoms with Crippen LogP contribution in [0.2, 0.25) is 0 Å². The van der Waals surface area contributed by atoms with E-state index in [4.69, 9.17) is 39.8 Å². The van der Waals surface area contributed by atoms with E-state index in [0.717, 1.165) is 33.3 Å². The largest absolute Gasteiger partial charge is 0.481 e. The summed E-state index contributed by atoms with van der Waals surface area (Å²) < 4.78 is 121. The van der Waals surface area contributed by atoms with Gasteiger partial charge in [-0.25, -0.2) is 0 Å². The summed E-state index contributed by atoms with van der Waals surface area (Å²) in [7, 11) is -13.1. The van der Waals surface area contributed by atoms with Gasteiger partial charge in [0.15, 0.2) is 0 Å². The van der Waals surface area contributed by atoms with Crippen molar-refractivity contribution in [3.05, 3.63) is 131 Å². The molecule has 2 aliphatic rings. The van der Waals surface area contributed by atoms with Gasteiger partial charge in [-0.1, -0.05) is 42.5 Å². The highest BCUT2D eigenvalue weighted by Gasteiger charge is 2.23. The Morgan fingerprint density at radius 1 is 0.719 bits per heavy atom. The zero-order valence-corrected chi connectivity index (χ0v) is 36.8. The average Bonchev–Trinajstić information content (AvgIpc) is 3.21. The van der Waals surface area contributed by atoms with Crippen molar-refractivity contribution in [3.63, 3.8) is 0 Å². The zero-order valence-electron chi connectivity index (χ0n) is 33.5. The lowest BCUT2D eigenvalue weighted by molar-refractivity contribution is -0.137. The van der Waals surface area contributed by atoms with E-state index < -0.39 is 47.4 Å². The van der Waals surface area contributed by atoms with Crippen LogP contribution in [-0.2, 0) is 59.1 Å². The summed E-state index contributed by atoms with van der Waals surface area (Å²) >= 11 is 0. The van der Waals surface area contributed by atoms with E-state index in [1.807, 2.05) is 48.5 Å². The summed E-state index contributed by atoms with van der Waals surface area (Å²) in [4.78, 5) is 30.8. The summed E-state index contributed by atoms with van der Waals surface area (Å²) in [5.41, 5.74) is 5.59. The molecule has 4 aromatic rings. The molecule has 64 heavy (non-hydrogen) atoms. The van der Waals surface area contributed by atoms with Crippen molar-refractivity contribution in [3.8, 4) is 22.5 Å². The lowest BCUT2D eigenvalue weighted by Crippen LogP contribution is -2.28. The number of amides is 1. The smallest absolute Gasteiger partial charge is 0.425 e. The van der Waals surface area contributed by atoms with Crippen LogP contribution in [0.4, 0.5) is 5.69 Å². The minimum Gasteiger partial charge on any atom is -0.481 e. The molecular formula is C41H39N3O16S4. The maximum Gasteiger partial charge on any atom is 0.425 e. The molecule has 0 unspecified atom stereocenters. The third kappa shape index (κ3) is 15.0. The fraction of sp³-hybridized carbons (Fsp3) is 0.195. The lowest BCUT2D eigenvalue weighted by atomic mass is 9.90. The number of hydrogen-bond donors (Lipinski definition) is 4. The van der Waals surface area contributed by atoms with Crippen LogP contribution in [0.1, 0.15) is 34.3 Å². The second-order valence-corrected chi connectivity index (χ2v) is 17.3. The maximum atomic E-state index is 13.8. The van der Waals surface area contributed by atoms with Gasteiger partial charge in [0.05, 0.1) is 15.1 Å². The van der Waals surface area contributed by atoms with Gasteiger partial charge >= 0.3 is 27.2 Å². The van der Waals surface area contributed by atoms with E-state index in [-0.39, 0.29) is 28.7 Å². The Morgan fingerprint density at radius 2 is 1.28 bits per heavy atom. The minimum atomic E-state index is -4.29. The zero-order chi connectivity index (χ0) is 47.2. The fourth-order valence-electron chi connectivity index (χ4n) is 6.36. The first-order valence-corrected chi connectivity index (χ1v) is 23.5. The van der Waals surface area contributed by atoms with Crippen molar-refractivity contribution in [2.75, 3.05) is 32.0 Å². The summed E-state index contributed by atoms with van der Waals surface area (Å²) in [5, 5.41) is 13.9. The van der Waals surface area contributed by atoms with E-state index >= 15 is 0 Å². The van der Waals surface area contributed by atoms with Gasteiger partial charge in [0.1, 0.15) is 11.3 Å². The monoisotopic (exact) mass is 957 g/mol. The Morgan fingerprint density at radius 3 is 1.84 bits per heavy atom. The van der Waals surface area contributed by atoms with Gasteiger partial charge in [0.25, 0.3) is 26.1 Å². The van der Waals surface area contributed by atoms with E-state index in [9.17, 15) is 35.5 Å². The highest BCUT2D eigenvalue weighted by Crippen LogP contribution is 2.42. The Balaban J connectivity index is 0.00000104. The number of rotatable bonds is 15. The first-order valence-electron chi connectivity index (χ1n) is 18.6. The van der Waals surface area contributed by atoms with Crippen LogP contribution in [-0.4, -0.2) is 99.8 Å². The van der Waals surface area contributed by atoms with Crippen LogP contribution >= 0.6 is 0 Å². The molecule has 0 saturated carbocycles. The van der Waals surface area contributed by atoms with Crippen LogP contribution in [0.25, 0.3) is 33.4 Å². The van der Waals surface area contributed by atoms with Crippen molar-refractivity contribution in [2.45, 2.75) is 35.5 Å². The SMILES string of the molecule is CN(CCCC(=O)O)C(=O)c1ccccc1-c1c2ccc(=NCCc3ccc(S(=O)(=O)O)cc3)cc-2oc2cc(NCCc3ccc(S(=O)(=O)O)cc3)ccc12.O=S(=O)=O.O=S(=O)=O. The molecule has 0 saturated heterocycles. The number of carboxylic acids is 1. The van der Waals surface area contributed by atoms with Gasteiger partial charge < -0.3 is 19.7 Å². The predicted octanol–water partition coefficient (Wildman–Crippen LogP) is 4.42. The molecular weight excluding hydrogens is 919 g/mol. The lowest BCUT2D eigenvalue weighted by Gasteiger charge is -2.21. The first-order chi connectivity index (χ1) is 30.1. The summed E-state index contributed by atoms with van der Waals surface area (Å²) in [6.45, 7) is 1.15. The molecule has 4 N–H and O–H groups in total. The predicted molar refractivity (Wildman–Crippen MR) is 230 cm³/mol. The second-order valence-electron chi connectivity index (χ2n) is 13.6. The molecule has 0 atom stereocenters. The molecule has 1 aliphatic carbocycles. The van der Waals surface area contributed by atoms with Gasteiger partial charge in [-0.2, -0.15) is 16.8 Å². The summed E-state index contributed by atoms with van der Waals surface area (Å²) in [5.74, 6) is -0.674.